The smallest absolute Gasteiger partial charge is 0.297 e. The van der Waals surface area contributed by atoms with Crippen molar-refractivity contribution in [3.63, 3.8) is 0 Å². The fraction of sp³-hybridized carbons (Fsp3) is 0.500. The molecule has 0 spiro atoms. The molecule has 0 aliphatic heterocycles. The van der Waals surface area contributed by atoms with Crippen LogP contribution in [0.3, 0.4) is 0 Å². The zero-order valence-corrected chi connectivity index (χ0v) is 5.25. The number of nitrogen functional groups attached to an aromatic ring is 1. The highest BCUT2D eigenvalue weighted by Crippen LogP contribution is 2.16. The van der Waals surface area contributed by atoms with Crippen LogP contribution in [0, 0.1) is 0 Å². The number of hydrogen-bond donors (Lipinski definition) is 1. The van der Waals surface area contributed by atoms with E-state index in [-0.39, 0.29) is 5.95 Å². The standard InChI is InChI=1S/C4H6F2N4/c1-10-3(2(5)6)8-9-4(10)7/h2H,1H3,(H2,7,9). The van der Waals surface area contributed by atoms with Crippen LogP contribution in [-0.4, -0.2) is 14.8 Å². The molecule has 56 valence electrons. The minimum atomic E-state index is -2.62. The van der Waals surface area contributed by atoms with Crippen LogP contribution in [0.4, 0.5) is 14.7 Å². The average Bonchev–Trinajstić information content (AvgIpc) is 2.14. The summed E-state index contributed by atoms with van der Waals surface area (Å²) < 4.78 is 24.8. The molecule has 0 aliphatic carbocycles. The van der Waals surface area contributed by atoms with Gasteiger partial charge >= 0.3 is 0 Å². The van der Waals surface area contributed by atoms with Crippen molar-refractivity contribution in [2.45, 2.75) is 6.43 Å². The third-order valence-electron chi connectivity index (χ3n) is 1.14. The molecule has 0 aliphatic rings. The molecule has 0 unspecified atom stereocenters. The highest BCUT2D eigenvalue weighted by molar-refractivity contribution is 5.16. The summed E-state index contributed by atoms with van der Waals surface area (Å²) in [7, 11) is 1.39. The largest absolute Gasteiger partial charge is 0.368 e. The molecule has 0 saturated heterocycles. The maximum atomic E-state index is 11.9. The fourth-order valence-corrected chi connectivity index (χ4v) is 0.544. The van der Waals surface area contributed by atoms with Gasteiger partial charge in [-0.2, -0.15) is 0 Å². The molecule has 10 heavy (non-hydrogen) atoms. The van der Waals surface area contributed by atoms with Gasteiger partial charge in [-0.1, -0.05) is 0 Å². The number of anilines is 1. The molecule has 1 aromatic rings. The Labute approximate surface area is 55.7 Å². The first-order valence-corrected chi connectivity index (χ1v) is 2.56. The number of nitrogens with two attached hydrogens (primary N) is 1. The van der Waals surface area contributed by atoms with Gasteiger partial charge in [-0.15, -0.1) is 10.2 Å². The molecular weight excluding hydrogens is 142 g/mol. The summed E-state index contributed by atoms with van der Waals surface area (Å²) in [6.07, 6.45) is -2.62. The summed E-state index contributed by atoms with van der Waals surface area (Å²) in [5, 5.41) is 6.40. The second-order valence-corrected chi connectivity index (χ2v) is 1.78. The third-order valence-corrected chi connectivity index (χ3v) is 1.14. The Morgan fingerprint density at radius 3 is 2.30 bits per heavy atom. The molecule has 1 rings (SSSR count). The van der Waals surface area contributed by atoms with E-state index in [1.165, 1.54) is 7.05 Å². The topological polar surface area (TPSA) is 56.7 Å². The fourth-order valence-electron chi connectivity index (χ4n) is 0.544. The molecule has 0 fully saturated rings. The Morgan fingerprint density at radius 1 is 1.50 bits per heavy atom. The van der Waals surface area contributed by atoms with Gasteiger partial charge in [0.15, 0.2) is 0 Å². The Balaban J connectivity index is 3.05. The molecule has 0 bridgehead atoms. The van der Waals surface area contributed by atoms with Crippen LogP contribution in [-0.2, 0) is 7.05 Å². The van der Waals surface area contributed by atoms with E-state index in [9.17, 15) is 8.78 Å². The minimum absolute atomic E-state index is 0.00435. The van der Waals surface area contributed by atoms with Crippen molar-refractivity contribution < 1.29 is 8.78 Å². The Hall–Kier alpha value is -1.20. The summed E-state index contributed by atoms with van der Waals surface area (Å²) in [6.45, 7) is 0. The van der Waals surface area contributed by atoms with Crippen molar-refractivity contribution in [1.29, 1.82) is 0 Å². The molecule has 1 aromatic heterocycles. The SMILES string of the molecule is Cn1c(N)nnc1C(F)F. The van der Waals surface area contributed by atoms with E-state index >= 15 is 0 Å². The number of nitrogens with zero attached hydrogens (tertiary/aromatic N) is 3. The Bertz CT molecular complexity index is 231. The molecule has 4 nitrogen and oxygen atoms in total. The Kier molecular flexibility index (Phi) is 1.52. The van der Waals surface area contributed by atoms with E-state index in [0.717, 1.165) is 4.57 Å². The van der Waals surface area contributed by atoms with Crippen LogP contribution in [0.15, 0.2) is 0 Å². The predicted molar refractivity (Wildman–Crippen MR) is 30.4 cm³/mol. The zero-order chi connectivity index (χ0) is 7.72. The molecule has 0 amide bonds. The lowest BCUT2D eigenvalue weighted by Gasteiger charge is -1.96. The van der Waals surface area contributed by atoms with E-state index in [0.29, 0.717) is 0 Å². The van der Waals surface area contributed by atoms with Gasteiger partial charge in [0, 0.05) is 7.05 Å². The Morgan fingerprint density at radius 2 is 2.10 bits per heavy atom. The lowest BCUT2D eigenvalue weighted by atomic mass is 10.6. The molecular formula is C4H6F2N4. The molecule has 1 heterocycles. The van der Waals surface area contributed by atoms with Crippen molar-refractivity contribution in [1.82, 2.24) is 14.8 Å². The monoisotopic (exact) mass is 148 g/mol. The van der Waals surface area contributed by atoms with Gasteiger partial charge in [-0.05, 0) is 0 Å². The first kappa shape index (κ1) is 6.91. The van der Waals surface area contributed by atoms with Crippen molar-refractivity contribution in [3.8, 4) is 0 Å². The van der Waals surface area contributed by atoms with Crippen molar-refractivity contribution in [2.75, 3.05) is 5.73 Å². The van der Waals surface area contributed by atoms with Crippen LogP contribution >= 0.6 is 0 Å². The van der Waals surface area contributed by atoms with Gasteiger partial charge in [0.1, 0.15) is 0 Å². The van der Waals surface area contributed by atoms with Gasteiger partial charge in [0.05, 0.1) is 0 Å². The van der Waals surface area contributed by atoms with Gasteiger partial charge in [-0.25, -0.2) is 8.78 Å². The van der Waals surface area contributed by atoms with Crippen LogP contribution in [0.25, 0.3) is 0 Å². The van der Waals surface area contributed by atoms with E-state index < -0.39 is 12.2 Å². The van der Waals surface area contributed by atoms with Crippen molar-refractivity contribution in [3.05, 3.63) is 5.82 Å². The van der Waals surface area contributed by atoms with E-state index in [4.69, 9.17) is 5.73 Å². The van der Waals surface area contributed by atoms with Crippen LogP contribution in [0.1, 0.15) is 12.2 Å². The number of hydrogen-bond acceptors (Lipinski definition) is 3. The quantitative estimate of drug-likeness (QED) is 0.624. The van der Waals surface area contributed by atoms with E-state index in [1.807, 2.05) is 0 Å². The predicted octanol–water partition coefficient (Wildman–Crippen LogP) is 0.335. The third kappa shape index (κ3) is 0.916. The number of aromatic nitrogens is 3. The van der Waals surface area contributed by atoms with Gasteiger partial charge in [0.25, 0.3) is 6.43 Å². The van der Waals surface area contributed by atoms with Crippen LogP contribution in [0.5, 0.6) is 0 Å². The van der Waals surface area contributed by atoms with Gasteiger partial charge in [-0.3, -0.25) is 4.57 Å². The summed E-state index contributed by atoms with van der Waals surface area (Å²) in [4.78, 5) is 0. The lowest BCUT2D eigenvalue weighted by Crippen LogP contribution is -2.01. The zero-order valence-electron chi connectivity index (χ0n) is 5.25. The van der Waals surface area contributed by atoms with Crippen molar-refractivity contribution >= 4 is 5.95 Å². The molecule has 6 heteroatoms. The molecule has 2 N–H and O–H groups in total. The van der Waals surface area contributed by atoms with Gasteiger partial charge < -0.3 is 5.73 Å². The maximum absolute atomic E-state index is 11.9. The molecule has 0 atom stereocenters. The molecule has 0 aromatic carbocycles. The highest BCUT2D eigenvalue weighted by Gasteiger charge is 2.15. The second kappa shape index (κ2) is 2.20. The number of halogens is 2. The molecule has 0 radical (unpaired) electrons. The summed E-state index contributed by atoms with van der Waals surface area (Å²) in [5.74, 6) is -0.409. The van der Waals surface area contributed by atoms with Gasteiger partial charge in [0.2, 0.25) is 11.8 Å². The number of alkyl halides is 2. The van der Waals surface area contributed by atoms with Crippen molar-refractivity contribution in [2.24, 2.45) is 7.05 Å². The normalized spacial score (nSPS) is 10.8. The first-order chi connectivity index (χ1) is 4.63. The number of rotatable bonds is 1. The highest BCUT2D eigenvalue weighted by atomic mass is 19.3. The minimum Gasteiger partial charge on any atom is -0.368 e. The van der Waals surface area contributed by atoms with E-state index in [2.05, 4.69) is 10.2 Å². The first-order valence-electron chi connectivity index (χ1n) is 2.56. The molecule has 0 saturated carbocycles. The summed E-state index contributed by atoms with van der Waals surface area (Å²) in [5.41, 5.74) is 5.13. The second-order valence-electron chi connectivity index (χ2n) is 1.78. The van der Waals surface area contributed by atoms with E-state index in [1.54, 1.807) is 0 Å². The summed E-state index contributed by atoms with van der Waals surface area (Å²) >= 11 is 0. The maximum Gasteiger partial charge on any atom is 0.297 e. The summed E-state index contributed by atoms with van der Waals surface area (Å²) in [6, 6.07) is 0. The van der Waals surface area contributed by atoms with Crippen LogP contribution in [0.2, 0.25) is 0 Å². The average molecular weight is 148 g/mol. The van der Waals surface area contributed by atoms with Crippen LogP contribution < -0.4 is 5.73 Å². The lowest BCUT2D eigenvalue weighted by molar-refractivity contribution is 0.136.